The topological polar surface area (TPSA) is 50.4 Å². The van der Waals surface area contributed by atoms with Crippen LogP contribution in [-0.2, 0) is 4.79 Å². The average molecular weight is 262 g/mol. The van der Waals surface area contributed by atoms with Crippen LogP contribution < -0.4 is 15.4 Å². The molecule has 2 rings (SSSR count). The number of hydrogen-bond donors (Lipinski definition) is 2. The summed E-state index contributed by atoms with van der Waals surface area (Å²) in [7, 11) is 0. The molecule has 1 unspecified atom stereocenters. The number of rotatable bonds is 4. The number of hydrogen-bond acceptors (Lipinski definition) is 3. The van der Waals surface area contributed by atoms with E-state index in [1.165, 1.54) is 0 Å². The average Bonchev–Trinajstić information content (AvgIpc) is 2.54. The zero-order valence-corrected chi connectivity index (χ0v) is 11.8. The van der Waals surface area contributed by atoms with E-state index in [0.29, 0.717) is 19.1 Å². The van der Waals surface area contributed by atoms with Gasteiger partial charge in [0, 0.05) is 6.54 Å². The summed E-state index contributed by atoms with van der Waals surface area (Å²) in [5, 5.41) is 6.35. The van der Waals surface area contributed by atoms with Crippen LogP contribution in [0.3, 0.4) is 0 Å². The lowest BCUT2D eigenvalue weighted by Gasteiger charge is -2.16. The third-order valence-corrected chi connectivity index (χ3v) is 3.39. The van der Waals surface area contributed by atoms with E-state index in [4.69, 9.17) is 4.74 Å². The van der Waals surface area contributed by atoms with Crippen LogP contribution >= 0.6 is 0 Å². The molecule has 0 saturated heterocycles. The maximum Gasteiger partial charge on any atom is 0.229 e. The number of ether oxygens (including phenoxy) is 1. The Bertz CT molecular complexity index is 457. The van der Waals surface area contributed by atoms with Gasteiger partial charge in [-0.3, -0.25) is 4.79 Å². The second-order valence-corrected chi connectivity index (χ2v) is 5.25. The van der Waals surface area contributed by atoms with Gasteiger partial charge in [-0.25, -0.2) is 0 Å². The predicted molar refractivity (Wildman–Crippen MR) is 77.7 cm³/mol. The maximum atomic E-state index is 12.2. The standard InChI is InChI=1S/C15H22N2O2/c1-4-8-19-13-7-5-6-12-14(13)17-15(18)11(9-16-12)10(2)3/h5-7,10-11,16H,4,8-9H2,1-3H3,(H,17,18). The lowest BCUT2D eigenvalue weighted by atomic mass is 9.95. The quantitative estimate of drug-likeness (QED) is 0.876. The number of amides is 1. The third-order valence-electron chi connectivity index (χ3n) is 3.39. The van der Waals surface area contributed by atoms with Gasteiger partial charge < -0.3 is 15.4 Å². The zero-order chi connectivity index (χ0) is 13.8. The van der Waals surface area contributed by atoms with Gasteiger partial charge in [0.05, 0.1) is 18.2 Å². The molecule has 1 aromatic carbocycles. The molecule has 0 spiro atoms. The highest BCUT2D eigenvalue weighted by Gasteiger charge is 2.27. The van der Waals surface area contributed by atoms with Gasteiger partial charge in [-0.1, -0.05) is 26.8 Å². The first kappa shape index (κ1) is 13.7. The van der Waals surface area contributed by atoms with E-state index in [-0.39, 0.29) is 11.8 Å². The normalized spacial score (nSPS) is 18.3. The van der Waals surface area contributed by atoms with Crippen molar-refractivity contribution in [3.63, 3.8) is 0 Å². The van der Waals surface area contributed by atoms with Gasteiger partial charge in [-0.15, -0.1) is 0 Å². The Morgan fingerprint density at radius 3 is 2.89 bits per heavy atom. The Morgan fingerprint density at radius 2 is 2.21 bits per heavy atom. The molecule has 4 heteroatoms. The Morgan fingerprint density at radius 1 is 1.42 bits per heavy atom. The van der Waals surface area contributed by atoms with E-state index in [0.717, 1.165) is 23.5 Å². The Hall–Kier alpha value is -1.71. The minimum atomic E-state index is -0.0218. The molecular formula is C15H22N2O2. The summed E-state index contributed by atoms with van der Waals surface area (Å²) < 4.78 is 5.70. The van der Waals surface area contributed by atoms with E-state index >= 15 is 0 Å². The molecule has 1 aromatic rings. The van der Waals surface area contributed by atoms with Gasteiger partial charge in [-0.2, -0.15) is 0 Å². The summed E-state index contributed by atoms with van der Waals surface area (Å²) in [6.07, 6.45) is 0.944. The molecule has 1 aliphatic rings. The van der Waals surface area contributed by atoms with Gasteiger partial charge in [0.2, 0.25) is 5.91 Å². The maximum absolute atomic E-state index is 12.2. The first-order valence-electron chi connectivity index (χ1n) is 6.94. The molecular weight excluding hydrogens is 240 g/mol. The molecule has 0 radical (unpaired) electrons. The van der Waals surface area contributed by atoms with E-state index in [1.807, 2.05) is 18.2 Å². The molecule has 0 aliphatic carbocycles. The van der Waals surface area contributed by atoms with Gasteiger partial charge >= 0.3 is 0 Å². The molecule has 0 fully saturated rings. The van der Waals surface area contributed by atoms with Gasteiger partial charge in [-0.05, 0) is 24.5 Å². The lowest BCUT2D eigenvalue weighted by Crippen LogP contribution is -2.30. The zero-order valence-electron chi connectivity index (χ0n) is 11.8. The largest absolute Gasteiger partial charge is 0.491 e. The van der Waals surface area contributed by atoms with Crippen LogP contribution in [0, 0.1) is 11.8 Å². The Balaban J connectivity index is 2.27. The third kappa shape index (κ3) is 3.00. The molecule has 4 nitrogen and oxygen atoms in total. The molecule has 0 saturated carbocycles. The molecule has 1 heterocycles. The van der Waals surface area contributed by atoms with Gasteiger partial charge in [0.15, 0.2) is 0 Å². The van der Waals surface area contributed by atoms with Crippen molar-refractivity contribution < 1.29 is 9.53 Å². The fraction of sp³-hybridized carbons (Fsp3) is 0.533. The number of carbonyl (C=O) groups excluding carboxylic acids is 1. The number of benzene rings is 1. The molecule has 1 atom stereocenters. The fourth-order valence-corrected chi connectivity index (χ4v) is 2.21. The van der Waals surface area contributed by atoms with Crippen LogP contribution in [0.5, 0.6) is 5.75 Å². The second-order valence-electron chi connectivity index (χ2n) is 5.25. The van der Waals surface area contributed by atoms with Crippen LogP contribution in [0.25, 0.3) is 0 Å². The summed E-state index contributed by atoms with van der Waals surface area (Å²) in [5.74, 6) is 1.09. The van der Waals surface area contributed by atoms with Crippen LogP contribution in [0.2, 0.25) is 0 Å². The highest BCUT2D eigenvalue weighted by Crippen LogP contribution is 2.35. The second kappa shape index (κ2) is 5.95. The van der Waals surface area contributed by atoms with E-state index < -0.39 is 0 Å². The molecule has 0 bridgehead atoms. The van der Waals surface area contributed by atoms with Crippen molar-refractivity contribution in [2.75, 3.05) is 23.8 Å². The minimum absolute atomic E-state index is 0.0218. The Kier molecular flexibility index (Phi) is 4.30. The fourth-order valence-electron chi connectivity index (χ4n) is 2.21. The van der Waals surface area contributed by atoms with Crippen molar-refractivity contribution in [3.05, 3.63) is 18.2 Å². The van der Waals surface area contributed by atoms with Crippen LogP contribution in [0.4, 0.5) is 11.4 Å². The van der Waals surface area contributed by atoms with Crippen LogP contribution in [0.1, 0.15) is 27.2 Å². The van der Waals surface area contributed by atoms with E-state index in [9.17, 15) is 4.79 Å². The van der Waals surface area contributed by atoms with Crippen molar-refractivity contribution in [2.45, 2.75) is 27.2 Å². The van der Waals surface area contributed by atoms with E-state index in [1.54, 1.807) is 0 Å². The van der Waals surface area contributed by atoms with Crippen molar-refractivity contribution in [2.24, 2.45) is 11.8 Å². The van der Waals surface area contributed by atoms with Gasteiger partial charge in [0.25, 0.3) is 0 Å². The summed E-state index contributed by atoms with van der Waals surface area (Å²) in [5.41, 5.74) is 1.70. The van der Waals surface area contributed by atoms with Gasteiger partial charge in [0.1, 0.15) is 11.4 Å². The molecule has 1 aliphatic heterocycles. The monoisotopic (exact) mass is 262 g/mol. The lowest BCUT2D eigenvalue weighted by molar-refractivity contribution is -0.120. The first-order valence-corrected chi connectivity index (χ1v) is 6.94. The molecule has 2 N–H and O–H groups in total. The number of anilines is 2. The summed E-state index contributed by atoms with van der Waals surface area (Å²) in [6.45, 7) is 7.51. The number of nitrogens with one attached hydrogen (secondary N) is 2. The van der Waals surface area contributed by atoms with Crippen molar-refractivity contribution >= 4 is 17.3 Å². The van der Waals surface area contributed by atoms with E-state index in [2.05, 4.69) is 31.4 Å². The minimum Gasteiger partial charge on any atom is -0.491 e. The first-order chi connectivity index (χ1) is 9.13. The SMILES string of the molecule is CCCOc1cccc2c1NC(=O)C(C(C)C)CN2. The van der Waals surface area contributed by atoms with Crippen molar-refractivity contribution in [1.29, 1.82) is 0 Å². The predicted octanol–water partition coefficient (Wildman–Crippen LogP) is 3.11. The summed E-state index contributed by atoms with van der Waals surface area (Å²) in [4.78, 5) is 12.2. The molecule has 1 amide bonds. The van der Waals surface area contributed by atoms with Crippen molar-refractivity contribution in [3.8, 4) is 5.75 Å². The van der Waals surface area contributed by atoms with Crippen LogP contribution in [-0.4, -0.2) is 19.1 Å². The number of fused-ring (bicyclic) bond motifs is 1. The number of carbonyl (C=O) groups is 1. The Labute approximate surface area is 114 Å². The number of para-hydroxylation sites is 1. The molecule has 0 aromatic heterocycles. The smallest absolute Gasteiger partial charge is 0.229 e. The summed E-state index contributed by atoms with van der Waals surface area (Å²) in [6, 6.07) is 5.81. The highest BCUT2D eigenvalue weighted by atomic mass is 16.5. The highest BCUT2D eigenvalue weighted by molar-refractivity contribution is 5.99. The van der Waals surface area contributed by atoms with Crippen molar-refractivity contribution in [1.82, 2.24) is 0 Å². The van der Waals surface area contributed by atoms with Crippen LogP contribution in [0.15, 0.2) is 18.2 Å². The molecule has 104 valence electrons. The molecule has 19 heavy (non-hydrogen) atoms. The summed E-state index contributed by atoms with van der Waals surface area (Å²) >= 11 is 0.